The van der Waals surface area contributed by atoms with Gasteiger partial charge >= 0.3 is 17.9 Å². The Morgan fingerprint density at radius 1 is 0.302 bits per heavy atom. The standard InChI is InChI=1S/C57H104O6/c1-4-7-10-13-16-19-22-25-28-30-32-35-38-41-44-47-50-56(59)62-53-54(52-61-55(58)49-46-43-40-37-34-31-27-24-21-18-15-12-9-6-3)63-57(60)51-48-45-42-39-36-33-29-26-23-20-17-14-11-8-5-2/h24,26-30,54H,4-23,25,31-53H2,1-3H3/b27-24-,29-26-,30-28-. The van der Waals surface area contributed by atoms with Crippen LogP contribution >= 0.6 is 0 Å². The number of ether oxygens (including phenoxy) is 3. The summed E-state index contributed by atoms with van der Waals surface area (Å²) in [6, 6.07) is 0. The maximum absolute atomic E-state index is 12.8. The molecule has 0 aromatic heterocycles. The Bertz CT molecular complexity index is 1060. The summed E-state index contributed by atoms with van der Waals surface area (Å²) >= 11 is 0. The molecule has 0 aromatic carbocycles. The number of hydrogen-bond donors (Lipinski definition) is 0. The first-order valence-corrected chi connectivity index (χ1v) is 27.5. The van der Waals surface area contributed by atoms with Crippen molar-refractivity contribution in [1.82, 2.24) is 0 Å². The van der Waals surface area contributed by atoms with Gasteiger partial charge in [0, 0.05) is 19.3 Å². The van der Waals surface area contributed by atoms with Crippen LogP contribution in [-0.2, 0) is 28.6 Å². The molecule has 0 rings (SSSR count). The van der Waals surface area contributed by atoms with Gasteiger partial charge in [0.1, 0.15) is 13.2 Å². The molecule has 0 radical (unpaired) electrons. The summed E-state index contributed by atoms with van der Waals surface area (Å²) in [5.41, 5.74) is 0. The monoisotopic (exact) mass is 885 g/mol. The van der Waals surface area contributed by atoms with Gasteiger partial charge in [-0.3, -0.25) is 14.4 Å². The Labute approximate surface area is 391 Å². The minimum absolute atomic E-state index is 0.0806. The number of hydrogen-bond acceptors (Lipinski definition) is 6. The van der Waals surface area contributed by atoms with Gasteiger partial charge in [0.05, 0.1) is 0 Å². The molecule has 0 heterocycles. The van der Waals surface area contributed by atoms with Crippen LogP contribution in [0.2, 0.25) is 0 Å². The maximum Gasteiger partial charge on any atom is 0.306 e. The van der Waals surface area contributed by atoms with Crippen molar-refractivity contribution in [2.24, 2.45) is 0 Å². The van der Waals surface area contributed by atoms with Gasteiger partial charge in [0.25, 0.3) is 0 Å². The molecule has 6 heteroatoms. The zero-order valence-corrected chi connectivity index (χ0v) is 42.1. The quantitative estimate of drug-likeness (QED) is 0.0262. The van der Waals surface area contributed by atoms with E-state index in [9.17, 15) is 14.4 Å². The lowest BCUT2D eigenvalue weighted by Crippen LogP contribution is -2.30. The first-order chi connectivity index (χ1) is 31.0. The molecule has 1 atom stereocenters. The molecule has 0 fully saturated rings. The van der Waals surface area contributed by atoms with Gasteiger partial charge < -0.3 is 14.2 Å². The summed E-state index contributed by atoms with van der Waals surface area (Å²) in [6.45, 7) is 6.63. The minimum Gasteiger partial charge on any atom is -0.462 e. The van der Waals surface area contributed by atoms with Crippen LogP contribution in [0.15, 0.2) is 36.5 Å². The van der Waals surface area contributed by atoms with Crippen molar-refractivity contribution < 1.29 is 28.6 Å². The molecule has 0 N–H and O–H groups in total. The van der Waals surface area contributed by atoms with E-state index in [1.54, 1.807) is 0 Å². The van der Waals surface area contributed by atoms with Crippen LogP contribution in [0.3, 0.4) is 0 Å². The van der Waals surface area contributed by atoms with E-state index >= 15 is 0 Å². The summed E-state index contributed by atoms with van der Waals surface area (Å²) in [5, 5.41) is 0. The summed E-state index contributed by atoms with van der Waals surface area (Å²) in [4.78, 5) is 38.0. The van der Waals surface area contributed by atoms with E-state index < -0.39 is 6.10 Å². The van der Waals surface area contributed by atoms with Crippen molar-refractivity contribution in [3.8, 4) is 0 Å². The number of allylic oxidation sites excluding steroid dienone is 6. The Kier molecular flexibility index (Phi) is 50.3. The Hall–Kier alpha value is -2.37. The van der Waals surface area contributed by atoms with Crippen molar-refractivity contribution in [3.63, 3.8) is 0 Å². The average molecular weight is 885 g/mol. The van der Waals surface area contributed by atoms with Crippen molar-refractivity contribution in [2.75, 3.05) is 13.2 Å². The van der Waals surface area contributed by atoms with Gasteiger partial charge in [-0.05, 0) is 96.3 Å². The van der Waals surface area contributed by atoms with E-state index in [1.165, 1.54) is 173 Å². The lowest BCUT2D eigenvalue weighted by atomic mass is 10.1. The molecule has 63 heavy (non-hydrogen) atoms. The highest BCUT2D eigenvalue weighted by molar-refractivity contribution is 5.71. The topological polar surface area (TPSA) is 78.9 Å². The summed E-state index contributed by atoms with van der Waals surface area (Å²) in [7, 11) is 0. The minimum atomic E-state index is -0.781. The zero-order valence-electron chi connectivity index (χ0n) is 42.1. The second kappa shape index (κ2) is 52.3. The molecule has 1 unspecified atom stereocenters. The van der Waals surface area contributed by atoms with Crippen molar-refractivity contribution in [3.05, 3.63) is 36.5 Å². The molecular weight excluding hydrogens is 781 g/mol. The molecule has 0 bridgehead atoms. The van der Waals surface area contributed by atoms with Crippen LogP contribution in [0.25, 0.3) is 0 Å². The van der Waals surface area contributed by atoms with E-state index in [0.29, 0.717) is 19.3 Å². The van der Waals surface area contributed by atoms with Gasteiger partial charge in [-0.1, -0.05) is 211 Å². The van der Waals surface area contributed by atoms with Gasteiger partial charge in [0.2, 0.25) is 0 Å². The molecular formula is C57H104O6. The largest absolute Gasteiger partial charge is 0.462 e. The predicted molar refractivity (Wildman–Crippen MR) is 270 cm³/mol. The van der Waals surface area contributed by atoms with Gasteiger partial charge in [-0.2, -0.15) is 0 Å². The highest BCUT2D eigenvalue weighted by Crippen LogP contribution is 2.15. The summed E-state index contributed by atoms with van der Waals surface area (Å²) in [6.07, 6.45) is 61.2. The number of unbranched alkanes of at least 4 members (excludes halogenated alkanes) is 33. The Morgan fingerprint density at radius 3 is 0.794 bits per heavy atom. The summed E-state index contributed by atoms with van der Waals surface area (Å²) in [5.74, 6) is -0.893. The van der Waals surface area contributed by atoms with E-state index in [4.69, 9.17) is 14.2 Å². The van der Waals surface area contributed by atoms with Gasteiger partial charge in [-0.15, -0.1) is 0 Å². The van der Waals surface area contributed by atoms with E-state index in [2.05, 4.69) is 57.2 Å². The van der Waals surface area contributed by atoms with Gasteiger partial charge in [-0.25, -0.2) is 0 Å². The van der Waals surface area contributed by atoms with Crippen LogP contribution in [-0.4, -0.2) is 37.2 Å². The number of rotatable bonds is 50. The normalized spacial score (nSPS) is 12.2. The first-order valence-electron chi connectivity index (χ1n) is 27.5. The molecule has 0 spiro atoms. The lowest BCUT2D eigenvalue weighted by Gasteiger charge is -2.18. The highest BCUT2D eigenvalue weighted by atomic mass is 16.6. The van der Waals surface area contributed by atoms with Gasteiger partial charge in [0.15, 0.2) is 6.10 Å². The molecule has 0 saturated carbocycles. The van der Waals surface area contributed by atoms with Crippen LogP contribution < -0.4 is 0 Å². The predicted octanol–water partition coefficient (Wildman–Crippen LogP) is 18.1. The highest BCUT2D eigenvalue weighted by Gasteiger charge is 2.19. The Balaban J connectivity index is 4.39. The summed E-state index contributed by atoms with van der Waals surface area (Å²) < 4.78 is 16.8. The van der Waals surface area contributed by atoms with Crippen molar-refractivity contribution in [2.45, 2.75) is 297 Å². The number of esters is 3. The average Bonchev–Trinajstić information content (AvgIpc) is 3.28. The third kappa shape index (κ3) is 50.5. The van der Waals surface area contributed by atoms with E-state index in [-0.39, 0.29) is 31.1 Å². The molecule has 0 aromatic rings. The maximum atomic E-state index is 12.8. The van der Waals surface area contributed by atoms with Crippen LogP contribution in [0.4, 0.5) is 0 Å². The smallest absolute Gasteiger partial charge is 0.306 e. The molecule has 0 aliphatic rings. The fraction of sp³-hybridized carbons (Fsp3) is 0.842. The van der Waals surface area contributed by atoms with Crippen LogP contribution in [0, 0.1) is 0 Å². The fourth-order valence-corrected chi connectivity index (χ4v) is 7.90. The Morgan fingerprint density at radius 2 is 0.524 bits per heavy atom. The molecule has 0 aliphatic carbocycles. The van der Waals surface area contributed by atoms with E-state index in [0.717, 1.165) is 77.0 Å². The van der Waals surface area contributed by atoms with Crippen LogP contribution in [0.5, 0.6) is 0 Å². The first kappa shape index (κ1) is 60.6. The SMILES string of the molecule is CCCCCCC/C=C\CCCCCCCC(=O)OCC(COC(=O)CCCCCCC/C=C\CCCCCCCCC)OC(=O)CCCCCCC/C=C\CCCCCCCC. The number of carbonyl (C=O) groups excluding carboxylic acids is 3. The third-order valence-electron chi connectivity index (χ3n) is 12.1. The molecule has 0 amide bonds. The van der Waals surface area contributed by atoms with Crippen molar-refractivity contribution in [1.29, 1.82) is 0 Å². The molecule has 368 valence electrons. The van der Waals surface area contributed by atoms with E-state index in [1.807, 2.05) is 0 Å². The van der Waals surface area contributed by atoms with Crippen molar-refractivity contribution >= 4 is 17.9 Å². The lowest BCUT2D eigenvalue weighted by molar-refractivity contribution is -0.167. The third-order valence-corrected chi connectivity index (χ3v) is 12.1. The molecule has 6 nitrogen and oxygen atoms in total. The zero-order chi connectivity index (χ0) is 45.8. The molecule has 0 aliphatic heterocycles. The molecule has 0 saturated heterocycles. The number of carbonyl (C=O) groups is 3. The fourth-order valence-electron chi connectivity index (χ4n) is 7.90. The second-order valence-electron chi connectivity index (χ2n) is 18.5. The second-order valence-corrected chi connectivity index (χ2v) is 18.5. The van der Waals surface area contributed by atoms with Crippen LogP contribution in [0.1, 0.15) is 290 Å².